The van der Waals surface area contributed by atoms with Crippen LogP contribution >= 0.6 is 0 Å². The Balaban J connectivity index is 1.26. The number of hydrogen-bond acceptors (Lipinski definition) is 2. The summed E-state index contributed by atoms with van der Waals surface area (Å²) in [6, 6.07) is 8.95. The maximum absolute atomic E-state index is 4.81. The topological polar surface area (TPSA) is 30.7 Å². The maximum Gasteiger partial charge on any atom is 0.139 e. The molecule has 0 N–H and O–H groups in total. The minimum Gasteiger partial charge on any atom is -0.318 e. The average Bonchev–Trinajstić information content (AvgIpc) is 3.17. The van der Waals surface area contributed by atoms with Crippen molar-refractivity contribution in [1.29, 1.82) is 0 Å². The number of nitrogens with zero attached hydrogens (tertiary/aromatic N) is 3. The lowest BCUT2D eigenvalue weighted by molar-refractivity contribution is -0.0108. The SMILES string of the molecule is Cn1c(CC2Cc3ccccc3C2)nnc1C12CC3CC(CC(C3)C1)C2. The van der Waals surface area contributed by atoms with E-state index in [9.17, 15) is 0 Å². The van der Waals surface area contributed by atoms with Crippen molar-refractivity contribution in [2.24, 2.45) is 30.7 Å². The summed E-state index contributed by atoms with van der Waals surface area (Å²) < 4.78 is 2.40. The summed E-state index contributed by atoms with van der Waals surface area (Å²) in [5.74, 6) is 6.12. The third-order valence-electron chi connectivity index (χ3n) is 8.08. The lowest BCUT2D eigenvalue weighted by Crippen LogP contribution is -2.49. The monoisotopic (exact) mass is 347 g/mol. The number of hydrogen-bond donors (Lipinski definition) is 0. The number of benzene rings is 1. The van der Waals surface area contributed by atoms with Crippen LogP contribution in [0.5, 0.6) is 0 Å². The molecule has 4 fully saturated rings. The van der Waals surface area contributed by atoms with Gasteiger partial charge in [0.1, 0.15) is 11.6 Å². The zero-order chi connectivity index (χ0) is 17.3. The van der Waals surface area contributed by atoms with E-state index in [1.807, 2.05) is 0 Å². The molecule has 2 aromatic rings. The first-order valence-corrected chi connectivity index (χ1v) is 10.6. The maximum atomic E-state index is 4.81. The summed E-state index contributed by atoms with van der Waals surface area (Å²) in [6.07, 6.45) is 12.1. The second-order valence-electron chi connectivity index (χ2n) is 9.94. The van der Waals surface area contributed by atoms with Crippen LogP contribution in [-0.2, 0) is 31.7 Å². The van der Waals surface area contributed by atoms with Crippen LogP contribution < -0.4 is 0 Å². The van der Waals surface area contributed by atoms with E-state index in [2.05, 4.69) is 35.9 Å². The van der Waals surface area contributed by atoms with E-state index in [1.54, 1.807) is 11.1 Å². The van der Waals surface area contributed by atoms with Crippen LogP contribution in [0.15, 0.2) is 24.3 Å². The molecule has 136 valence electrons. The van der Waals surface area contributed by atoms with Gasteiger partial charge in [-0.25, -0.2) is 0 Å². The van der Waals surface area contributed by atoms with E-state index in [-0.39, 0.29) is 0 Å². The fraction of sp³-hybridized carbons (Fsp3) is 0.652. The first-order chi connectivity index (χ1) is 12.7. The molecule has 0 amide bonds. The highest BCUT2D eigenvalue weighted by atomic mass is 15.3. The van der Waals surface area contributed by atoms with E-state index in [0.29, 0.717) is 11.3 Å². The molecule has 3 heteroatoms. The highest BCUT2D eigenvalue weighted by Crippen LogP contribution is 2.60. The number of fused-ring (bicyclic) bond motifs is 1. The van der Waals surface area contributed by atoms with Crippen LogP contribution in [-0.4, -0.2) is 14.8 Å². The zero-order valence-corrected chi connectivity index (χ0v) is 15.8. The van der Waals surface area contributed by atoms with Gasteiger partial charge in [0.05, 0.1) is 0 Å². The van der Waals surface area contributed by atoms with Crippen molar-refractivity contribution in [3.05, 3.63) is 47.0 Å². The molecule has 5 aliphatic rings. The molecule has 0 saturated heterocycles. The molecule has 3 nitrogen and oxygen atoms in total. The summed E-state index contributed by atoms with van der Waals surface area (Å²) in [7, 11) is 2.24. The van der Waals surface area contributed by atoms with E-state index in [0.717, 1.165) is 24.2 Å². The van der Waals surface area contributed by atoms with Gasteiger partial charge in [-0.3, -0.25) is 0 Å². The van der Waals surface area contributed by atoms with E-state index >= 15 is 0 Å². The van der Waals surface area contributed by atoms with E-state index in [1.165, 1.54) is 63.0 Å². The molecule has 0 atom stereocenters. The third kappa shape index (κ3) is 2.25. The largest absolute Gasteiger partial charge is 0.318 e. The van der Waals surface area contributed by atoms with Crippen molar-refractivity contribution in [3.8, 4) is 0 Å². The quantitative estimate of drug-likeness (QED) is 0.831. The molecular formula is C23H29N3. The predicted molar refractivity (Wildman–Crippen MR) is 102 cm³/mol. The van der Waals surface area contributed by atoms with Crippen LogP contribution in [0.3, 0.4) is 0 Å². The Morgan fingerprint density at radius 3 is 2.08 bits per heavy atom. The van der Waals surface area contributed by atoms with Gasteiger partial charge in [0.25, 0.3) is 0 Å². The summed E-state index contributed by atoms with van der Waals surface area (Å²) in [6.45, 7) is 0. The van der Waals surface area contributed by atoms with Crippen molar-refractivity contribution in [3.63, 3.8) is 0 Å². The fourth-order valence-corrected chi connectivity index (χ4v) is 7.44. The minimum absolute atomic E-state index is 0.355. The fourth-order valence-electron chi connectivity index (χ4n) is 7.44. The molecule has 1 heterocycles. The van der Waals surface area contributed by atoms with Gasteiger partial charge in [-0.15, -0.1) is 10.2 Å². The molecule has 26 heavy (non-hydrogen) atoms. The van der Waals surface area contributed by atoms with E-state index < -0.39 is 0 Å². The van der Waals surface area contributed by atoms with Crippen LogP contribution in [0.4, 0.5) is 0 Å². The van der Waals surface area contributed by atoms with Gasteiger partial charge < -0.3 is 4.57 Å². The van der Waals surface area contributed by atoms with Gasteiger partial charge in [0.2, 0.25) is 0 Å². The molecule has 4 saturated carbocycles. The Bertz CT molecular complexity index is 789. The van der Waals surface area contributed by atoms with Crippen molar-refractivity contribution >= 4 is 0 Å². The molecule has 7 rings (SSSR count). The molecule has 1 aromatic carbocycles. The molecule has 5 aliphatic carbocycles. The van der Waals surface area contributed by atoms with Crippen LogP contribution in [0.2, 0.25) is 0 Å². The third-order valence-corrected chi connectivity index (χ3v) is 8.08. The summed E-state index contributed by atoms with van der Waals surface area (Å²) in [5, 5.41) is 9.52. The molecule has 0 aliphatic heterocycles. The minimum atomic E-state index is 0.355. The van der Waals surface area contributed by atoms with Crippen molar-refractivity contribution in [2.75, 3.05) is 0 Å². The highest BCUT2D eigenvalue weighted by Gasteiger charge is 2.53. The van der Waals surface area contributed by atoms with Crippen molar-refractivity contribution < 1.29 is 0 Å². The van der Waals surface area contributed by atoms with Gasteiger partial charge >= 0.3 is 0 Å². The molecular weight excluding hydrogens is 318 g/mol. The Morgan fingerprint density at radius 2 is 1.50 bits per heavy atom. The Labute approximate surface area is 156 Å². The first kappa shape index (κ1) is 15.4. The van der Waals surface area contributed by atoms with Gasteiger partial charge in [0, 0.05) is 18.9 Å². The number of aromatic nitrogens is 3. The lowest BCUT2D eigenvalue weighted by atomic mass is 9.49. The predicted octanol–water partition coefficient (Wildman–Crippen LogP) is 4.24. The van der Waals surface area contributed by atoms with Gasteiger partial charge in [-0.1, -0.05) is 24.3 Å². The van der Waals surface area contributed by atoms with Crippen molar-refractivity contribution in [1.82, 2.24) is 14.8 Å². The molecule has 4 bridgehead atoms. The lowest BCUT2D eigenvalue weighted by Gasteiger charge is -2.56. The number of rotatable bonds is 3. The van der Waals surface area contributed by atoms with Gasteiger partial charge in [-0.2, -0.15) is 0 Å². The van der Waals surface area contributed by atoms with Gasteiger partial charge in [-0.05, 0) is 86.2 Å². The molecule has 0 radical (unpaired) electrons. The Hall–Kier alpha value is -1.64. The standard InChI is InChI=1S/C23H29N3/c1-26-21(11-15-9-19-4-2-3-5-20(19)10-15)24-25-22(26)23-12-16-6-17(13-23)8-18(7-16)14-23/h2-5,15-18H,6-14H2,1H3. The average molecular weight is 348 g/mol. The summed E-state index contributed by atoms with van der Waals surface area (Å²) in [4.78, 5) is 0. The second kappa shape index (κ2) is 5.43. The van der Waals surface area contributed by atoms with Crippen LogP contribution in [0.25, 0.3) is 0 Å². The first-order valence-electron chi connectivity index (χ1n) is 10.6. The van der Waals surface area contributed by atoms with Crippen LogP contribution in [0.1, 0.15) is 61.3 Å². The highest BCUT2D eigenvalue weighted by molar-refractivity contribution is 5.32. The summed E-state index contributed by atoms with van der Waals surface area (Å²) in [5.41, 5.74) is 3.44. The molecule has 1 aromatic heterocycles. The molecule has 0 unspecified atom stereocenters. The van der Waals surface area contributed by atoms with Crippen LogP contribution in [0, 0.1) is 23.7 Å². The molecule has 0 spiro atoms. The van der Waals surface area contributed by atoms with Crippen molar-refractivity contribution in [2.45, 2.75) is 63.2 Å². The normalized spacial score (nSPS) is 35.2. The summed E-state index contributed by atoms with van der Waals surface area (Å²) >= 11 is 0. The Morgan fingerprint density at radius 1 is 0.923 bits per heavy atom. The van der Waals surface area contributed by atoms with E-state index in [4.69, 9.17) is 10.2 Å². The smallest absolute Gasteiger partial charge is 0.139 e. The van der Waals surface area contributed by atoms with Gasteiger partial charge in [0.15, 0.2) is 0 Å². The Kier molecular flexibility index (Phi) is 3.22. The second-order valence-corrected chi connectivity index (χ2v) is 9.94. The zero-order valence-electron chi connectivity index (χ0n) is 15.8.